The molecule has 0 radical (unpaired) electrons. The van der Waals surface area contributed by atoms with Crippen molar-refractivity contribution in [1.29, 1.82) is 5.26 Å². The second kappa shape index (κ2) is 4.86. The number of anilines is 1. The van der Waals surface area contributed by atoms with Crippen LogP contribution >= 0.6 is 11.3 Å². The van der Waals surface area contributed by atoms with Crippen LogP contribution in [0.25, 0.3) is 0 Å². The van der Waals surface area contributed by atoms with Crippen LogP contribution in [0.1, 0.15) is 28.8 Å². The van der Waals surface area contributed by atoms with E-state index in [0.717, 1.165) is 23.3 Å². The Kier molecular flexibility index (Phi) is 3.46. The molecule has 0 unspecified atom stereocenters. The molecule has 17 heavy (non-hydrogen) atoms. The molecule has 1 atom stereocenters. The van der Waals surface area contributed by atoms with E-state index in [-0.39, 0.29) is 12.0 Å². The summed E-state index contributed by atoms with van der Waals surface area (Å²) in [4.78, 5) is 12.9. The number of rotatable bonds is 2. The van der Waals surface area contributed by atoms with Crippen molar-refractivity contribution in [2.75, 3.05) is 11.9 Å². The van der Waals surface area contributed by atoms with Gasteiger partial charge in [-0.25, -0.2) is 0 Å². The highest BCUT2D eigenvalue weighted by Gasteiger charge is 2.25. The molecule has 0 saturated carbocycles. The van der Waals surface area contributed by atoms with E-state index in [1.807, 2.05) is 13.8 Å². The minimum Gasteiger partial charge on any atom is -0.368 e. The van der Waals surface area contributed by atoms with Gasteiger partial charge in [-0.15, -0.1) is 11.3 Å². The molecule has 1 fully saturated rings. The van der Waals surface area contributed by atoms with Crippen molar-refractivity contribution in [2.24, 2.45) is 0 Å². The van der Waals surface area contributed by atoms with E-state index in [0.29, 0.717) is 17.2 Å². The van der Waals surface area contributed by atoms with Gasteiger partial charge < -0.3 is 10.1 Å². The van der Waals surface area contributed by atoms with Gasteiger partial charge in [-0.1, -0.05) is 0 Å². The van der Waals surface area contributed by atoms with Gasteiger partial charge in [0.1, 0.15) is 17.2 Å². The second-order valence-electron chi connectivity index (χ2n) is 4.09. The first-order chi connectivity index (χ1) is 8.13. The molecule has 1 aromatic rings. The van der Waals surface area contributed by atoms with Crippen LogP contribution in [0.4, 0.5) is 5.00 Å². The molecule has 4 nitrogen and oxygen atoms in total. The number of carbonyl (C=O) groups excluding carboxylic acids is 1. The van der Waals surface area contributed by atoms with Crippen LogP contribution in [0.2, 0.25) is 0 Å². The fraction of sp³-hybridized carbons (Fsp3) is 0.500. The number of aryl methyl sites for hydroxylation is 1. The van der Waals surface area contributed by atoms with Gasteiger partial charge >= 0.3 is 0 Å². The molecule has 1 N–H and O–H groups in total. The summed E-state index contributed by atoms with van der Waals surface area (Å²) in [5, 5.41) is 12.5. The van der Waals surface area contributed by atoms with Gasteiger partial charge in [-0.3, -0.25) is 4.79 Å². The highest BCUT2D eigenvalue weighted by atomic mass is 32.1. The highest BCUT2D eigenvalue weighted by Crippen LogP contribution is 2.32. The molecule has 0 aliphatic carbocycles. The standard InChI is InChI=1S/C12H14N2O2S/c1-7-8(2)17-12(9(7)6-13)14-11(15)10-4-3-5-16-10/h10H,3-5H2,1-2H3,(H,14,15)/t10-/m1/s1. The normalized spacial score (nSPS) is 19.0. The summed E-state index contributed by atoms with van der Waals surface area (Å²) in [5.41, 5.74) is 1.51. The molecule has 0 bridgehead atoms. The average molecular weight is 250 g/mol. The van der Waals surface area contributed by atoms with Gasteiger partial charge in [-0.05, 0) is 32.3 Å². The average Bonchev–Trinajstić information content (AvgIpc) is 2.89. The quantitative estimate of drug-likeness (QED) is 0.876. The zero-order chi connectivity index (χ0) is 12.4. The highest BCUT2D eigenvalue weighted by molar-refractivity contribution is 7.16. The van der Waals surface area contributed by atoms with Crippen molar-refractivity contribution >= 4 is 22.2 Å². The number of amides is 1. The predicted molar refractivity (Wildman–Crippen MR) is 66.1 cm³/mol. The van der Waals surface area contributed by atoms with Gasteiger partial charge in [0.2, 0.25) is 0 Å². The summed E-state index contributed by atoms with van der Waals surface area (Å²) in [6.45, 7) is 4.49. The molecule has 1 aromatic heterocycles. The Morgan fingerprint density at radius 2 is 2.35 bits per heavy atom. The summed E-state index contributed by atoms with van der Waals surface area (Å²) >= 11 is 1.44. The topological polar surface area (TPSA) is 62.1 Å². The summed E-state index contributed by atoms with van der Waals surface area (Å²) in [5.74, 6) is -0.139. The fourth-order valence-electron chi connectivity index (χ4n) is 1.83. The third-order valence-corrected chi connectivity index (χ3v) is 4.08. The van der Waals surface area contributed by atoms with E-state index in [1.54, 1.807) is 0 Å². The molecule has 1 amide bonds. The van der Waals surface area contributed by atoms with E-state index in [9.17, 15) is 4.79 Å². The van der Waals surface area contributed by atoms with Gasteiger partial charge in [-0.2, -0.15) is 5.26 Å². The number of hydrogen-bond acceptors (Lipinski definition) is 4. The molecule has 2 rings (SSSR count). The van der Waals surface area contributed by atoms with Gasteiger partial charge in [0.05, 0.1) is 5.56 Å². The number of nitrogens with one attached hydrogen (secondary N) is 1. The SMILES string of the molecule is Cc1sc(NC(=O)[C@H]2CCCO2)c(C#N)c1C. The Balaban J connectivity index is 2.16. The smallest absolute Gasteiger partial charge is 0.254 e. The molecule has 1 aliphatic rings. The molecule has 5 heteroatoms. The first-order valence-corrected chi connectivity index (χ1v) is 6.37. The van der Waals surface area contributed by atoms with E-state index in [4.69, 9.17) is 10.00 Å². The maximum atomic E-state index is 11.9. The number of nitriles is 1. The zero-order valence-corrected chi connectivity index (χ0v) is 10.7. The molecule has 1 saturated heterocycles. The lowest BCUT2D eigenvalue weighted by Crippen LogP contribution is -2.26. The van der Waals surface area contributed by atoms with Crippen molar-refractivity contribution in [1.82, 2.24) is 0 Å². The second-order valence-corrected chi connectivity index (χ2v) is 5.31. The van der Waals surface area contributed by atoms with E-state index < -0.39 is 0 Å². The first kappa shape index (κ1) is 12.1. The fourth-order valence-corrected chi connectivity index (χ4v) is 2.84. The van der Waals surface area contributed by atoms with Crippen molar-refractivity contribution in [3.05, 3.63) is 16.0 Å². The third kappa shape index (κ3) is 2.33. The number of carbonyl (C=O) groups is 1. The van der Waals surface area contributed by atoms with Gasteiger partial charge in [0.25, 0.3) is 5.91 Å². The lowest BCUT2D eigenvalue weighted by atomic mass is 10.2. The molecule has 0 spiro atoms. The Labute approximate surface area is 104 Å². The van der Waals surface area contributed by atoms with Crippen LogP contribution in [0.3, 0.4) is 0 Å². The Morgan fingerprint density at radius 1 is 1.59 bits per heavy atom. The number of ether oxygens (including phenoxy) is 1. The van der Waals surface area contributed by atoms with Crippen molar-refractivity contribution < 1.29 is 9.53 Å². The van der Waals surface area contributed by atoms with Crippen LogP contribution < -0.4 is 5.32 Å². The monoisotopic (exact) mass is 250 g/mol. The first-order valence-electron chi connectivity index (χ1n) is 5.56. The van der Waals surface area contributed by atoms with E-state index in [2.05, 4.69) is 11.4 Å². The van der Waals surface area contributed by atoms with Crippen LogP contribution in [0.15, 0.2) is 0 Å². The molecular weight excluding hydrogens is 236 g/mol. The van der Waals surface area contributed by atoms with Gasteiger partial charge in [0.15, 0.2) is 0 Å². The number of nitrogens with zero attached hydrogens (tertiary/aromatic N) is 1. The summed E-state index contributed by atoms with van der Waals surface area (Å²) in [6, 6.07) is 2.14. The van der Waals surface area contributed by atoms with Crippen molar-refractivity contribution in [3.8, 4) is 6.07 Å². The molecule has 2 heterocycles. The van der Waals surface area contributed by atoms with Crippen molar-refractivity contribution in [3.63, 3.8) is 0 Å². The van der Waals surface area contributed by atoms with Crippen molar-refractivity contribution in [2.45, 2.75) is 32.8 Å². The zero-order valence-electron chi connectivity index (χ0n) is 9.87. The predicted octanol–water partition coefficient (Wildman–Crippen LogP) is 2.35. The Hall–Kier alpha value is -1.38. The Morgan fingerprint density at radius 3 is 2.94 bits per heavy atom. The minimum atomic E-state index is -0.357. The van der Waals surface area contributed by atoms with E-state index >= 15 is 0 Å². The molecule has 0 aromatic carbocycles. The largest absolute Gasteiger partial charge is 0.368 e. The number of thiophene rings is 1. The van der Waals surface area contributed by atoms with Gasteiger partial charge in [0, 0.05) is 11.5 Å². The maximum absolute atomic E-state index is 11.9. The van der Waals surface area contributed by atoms with Crippen LogP contribution in [0, 0.1) is 25.2 Å². The van der Waals surface area contributed by atoms with Crippen LogP contribution in [0.5, 0.6) is 0 Å². The summed E-state index contributed by atoms with van der Waals surface area (Å²) in [7, 11) is 0. The summed E-state index contributed by atoms with van der Waals surface area (Å²) in [6.07, 6.45) is 1.33. The van der Waals surface area contributed by atoms with Crippen LogP contribution in [-0.4, -0.2) is 18.6 Å². The lowest BCUT2D eigenvalue weighted by Gasteiger charge is -2.08. The molecular formula is C12H14N2O2S. The maximum Gasteiger partial charge on any atom is 0.254 e. The molecule has 90 valence electrons. The lowest BCUT2D eigenvalue weighted by molar-refractivity contribution is -0.124. The number of hydrogen-bond donors (Lipinski definition) is 1. The molecule has 1 aliphatic heterocycles. The third-order valence-electron chi connectivity index (χ3n) is 2.96. The van der Waals surface area contributed by atoms with E-state index in [1.165, 1.54) is 11.3 Å². The van der Waals surface area contributed by atoms with Crippen LogP contribution in [-0.2, 0) is 9.53 Å². The minimum absolute atomic E-state index is 0.139. The Bertz CT molecular complexity index is 481. The summed E-state index contributed by atoms with van der Waals surface area (Å²) < 4.78 is 5.31.